The Balaban J connectivity index is 0.954. The molecule has 81 heavy (non-hydrogen) atoms. The maximum atomic E-state index is 2.52. The molecule has 0 N–H and O–H groups in total. The van der Waals surface area contributed by atoms with Gasteiger partial charge in [0, 0.05) is 27.8 Å². The summed E-state index contributed by atoms with van der Waals surface area (Å²) in [6.07, 6.45) is 0. The lowest BCUT2D eigenvalue weighted by molar-refractivity contribution is 0.588. The molecule has 0 bridgehead atoms. The predicted molar refractivity (Wildman–Crippen MR) is 342 cm³/mol. The van der Waals surface area contributed by atoms with Crippen LogP contribution in [-0.2, 0) is 27.1 Å². The lowest BCUT2D eigenvalue weighted by atomic mass is 9.67. The fraction of sp³-hybridized carbons (Fsp3) is 0.175. The third-order valence-corrected chi connectivity index (χ3v) is 18.8. The van der Waals surface area contributed by atoms with E-state index >= 15 is 0 Å². The smallest absolute Gasteiger partial charge is 0.0714 e. The Morgan fingerprint density at radius 2 is 0.765 bits per heavy atom. The molecule has 0 radical (unpaired) electrons. The Kier molecular flexibility index (Phi) is 11.4. The van der Waals surface area contributed by atoms with Crippen molar-refractivity contribution in [2.45, 2.75) is 89.4 Å². The highest BCUT2D eigenvalue weighted by atomic mass is 15.1. The summed E-state index contributed by atoms with van der Waals surface area (Å²) in [6, 6.07) is 97.1. The van der Waals surface area contributed by atoms with Crippen molar-refractivity contribution in [2.75, 3.05) is 4.90 Å². The summed E-state index contributed by atoms with van der Waals surface area (Å²) in [5.74, 6) is 0. The molecule has 1 unspecified atom stereocenters. The van der Waals surface area contributed by atoms with Crippen molar-refractivity contribution in [3.63, 3.8) is 0 Å². The van der Waals surface area contributed by atoms with Gasteiger partial charge in [0.05, 0.1) is 11.1 Å². The van der Waals surface area contributed by atoms with E-state index in [1.54, 1.807) is 0 Å². The molecule has 1 nitrogen and oxygen atoms in total. The van der Waals surface area contributed by atoms with Gasteiger partial charge in [-0.25, -0.2) is 0 Å². The zero-order valence-corrected chi connectivity index (χ0v) is 48.2. The van der Waals surface area contributed by atoms with Crippen LogP contribution in [0.3, 0.4) is 0 Å². The fourth-order valence-corrected chi connectivity index (χ4v) is 14.6. The topological polar surface area (TPSA) is 3.24 Å². The maximum absolute atomic E-state index is 2.52. The molecule has 0 amide bonds. The summed E-state index contributed by atoms with van der Waals surface area (Å²) >= 11 is 0. The molecule has 1 heteroatoms. The number of nitrogens with zero attached hydrogens (tertiary/aromatic N) is 1. The number of fused-ring (bicyclic) bond motifs is 9. The minimum atomic E-state index is -0.590. The van der Waals surface area contributed by atoms with Gasteiger partial charge in [0.2, 0.25) is 0 Å². The van der Waals surface area contributed by atoms with Crippen molar-refractivity contribution in [3.05, 3.63) is 316 Å². The summed E-state index contributed by atoms with van der Waals surface area (Å²) in [5.41, 5.74) is 29.6. The van der Waals surface area contributed by atoms with Crippen LogP contribution in [0.4, 0.5) is 17.1 Å². The molecule has 0 spiro atoms. The number of benzene rings is 11. The Morgan fingerprint density at radius 1 is 0.309 bits per heavy atom. The van der Waals surface area contributed by atoms with Gasteiger partial charge in [-0.3, -0.25) is 0 Å². The lowest BCUT2D eigenvalue weighted by Crippen LogP contribution is -2.29. The second-order valence-electron chi connectivity index (χ2n) is 25.8. The molecule has 3 aliphatic carbocycles. The molecular weight excluding hydrogens is 975 g/mol. The van der Waals surface area contributed by atoms with Crippen molar-refractivity contribution in [2.24, 2.45) is 0 Å². The van der Waals surface area contributed by atoms with Crippen LogP contribution >= 0.6 is 0 Å². The number of hydrogen-bond acceptors (Lipinski definition) is 1. The molecule has 3 aliphatic rings. The Morgan fingerprint density at radius 3 is 1.37 bits per heavy atom. The van der Waals surface area contributed by atoms with E-state index in [0.717, 1.165) is 17.1 Å². The van der Waals surface area contributed by atoms with E-state index in [0.29, 0.717) is 0 Å². The van der Waals surface area contributed by atoms with Crippen molar-refractivity contribution >= 4 is 17.1 Å². The Bertz CT molecular complexity index is 4180. The zero-order chi connectivity index (χ0) is 55.6. The highest BCUT2D eigenvalue weighted by molar-refractivity contribution is 5.98. The molecule has 11 aromatic carbocycles. The van der Waals surface area contributed by atoms with Crippen molar-refractivity contribution in [1.29, 1.82) is 0 Å². The van der Waals surface area contributed by atoms with Gasteiger partial charge in [-0.2, -0.15) is 0 Å². The molecule has 0 heterocycles. The molecule has 394 valence electrons. The number of rotatable bonds is 8. The van der Waals surface area contributed by atoms with E-state index in [9.17, 15) is 0 Å². The molecule has 0 fully saturated rings. The molecule has 11 aromatic rings. The standard InChI is InChI=1S/C80H69N/c1-76(2,3)55-38-42-58(43-39-55)80(59-44-40-56(41-45-59)77(4,5)6)70-30-18-15-25-67(70)74-71(80)31-20-32-73(74)81(61-48-35-53(36-49-61)62-26-19-27-66-64-24-13-16-28-68(64)78(7,8)75(62)66)60-46-33-52(34-47-60)54-37-50-65-63-23-14-17-29-69(63)79(9,72(65)51-54)57-21-11-10-12-22-57/h10-51H,1-9H3. The van der Waals surface area contributed by atoms with Gasteiger partial charge in [0.15, 0.2) is 0 Å². The highest BCUT2D eigenvalue weighted by Gasteiger charge is 2.48. The van der Waals surface area contributed by atoms with E-state index in [1.807, 2.05) is 0 Å². The van der Waals surface area contributed by atoms with E-state index in [-0.39, 0.29) is 21.7 Å². The minimum absolute atomic E-state index is 0.0151. The van der Waals surface area contributed by atoms with E-state index in [1.165, 1.54) is 117 Å². The van der Waals surface area contributed by atoms with Crippen molar-refractivity contribution in [1.82, 2.24) is 0 Å². The van der Waals surface area contributed by atoms with Gasteiger partial charge < -0.3 is 4.90 Å². The maximum Gasteiger partial charge on any atom is 0.0714 e. The van der Waals surface area contributed by atoms with Crippen molar-refractivity contribution < 1.29 is 0 Å². The Hall–Kier alpha value is -8.78. The second-order valence-corrected chi connectivity index (χ2v) is 25.8. The summed E-state index contributed by atoms with van der Waals surface area (Å²) in [5, 5.41) is 0. The normalized spacial score (nSPS) is 16.0. The number of hydrogen-bond donors (Lipinski definition) is 0. The van der Waals surface area contributed by atoms with E-state index in [4.69, 9.17) is 0 Å². The molecule has 14 rings (SSSR count). The summed E-state index contributed by atoms with van der Waals surface area (Å²) < 4.78 is 0. The Labute approximate surface area is 480 Å². The predicted octanol–water partition coefficient (Wildman–Crippen LogP) is 21.1. The molecule has 1 atom stereocenters. The fourth-order valence-electron chi connectivity index (χ4n) is 14.6. The van der Waals surface area contributed by atoms with Gasteiger partial charge in [0.1, 0.15) is 0 Å². The van der Waals surface area contributed by atoms with Gasteiger partial charge in [-0.1, -0.05) is 274 Å². The van der Waals surface area contributed by atoms with E-state index < -0.39 is 5.41 Å². The van der Waals surface area contributed by atoms with Gasteiger partial charge in [-0.15, -0.1) is 0 Å². The van der Waals surface area contributed by atoms with Crippen LogP contribution in [0, 0.1) is 0 Å². The van der Waals surface area contributed by atoms with E-state index in [2.05, 4.69) is 322 Å². The summed E-state index contributed by atoms with van der Waals surface area (Å²) in [4.78, 5) is 2.52. The second kappa shape index (κ2) is 18.4. The first-order valence-electron chi connectivity index (χ1n) is 29.1. The third-order valence-electron chi connectivity index (χ3n) is 18.8. The largest absolute Gasteiger partial charge is 0.310 e. The van der Waals surface area contributed by atoms with Crippen LogP contribution in [0.2, 0.25) is 0 Å². The first-order chi connectivity index (χ1) is 39.1. The first kappa shape index (κ1) is 50.4. The van der Waals surface area contributed by atoms with Crippen LogP contribution in [0.15, 0.2) is 255 Å². The van der Waals surface area contributed by atoms with Crippen LogP contribution in [0.5, 0.6) is 0 Å². The molecule has 0 aromatic heterocycles. The van der Waals surface area contributed by atoms with Gasteiger partial charge in [-0.05, 0) is 165 Å². The van der Waals surface area contributed by atoms with Crippen LogP contribution in [0.25, 0.3) is 55.6 Å². The van der Waals surface area contributed by atoms with Crippen LogP contribution < -0.4 is 4.90 Å². The SMILES string of the molecule is CC(C)(C)c1ccc(C2(c3ccc(C(C)(C)C)cc3)c3ccccc3-c3c(N(c4ccc(-c5ccc6c(c5)C(C)(c5ccccc5)c5ccccc5-6)cc4)c4ccc(-c5cccc6c5C(C)(C)c5ccccc5-6)cc4)cccc32)cc1. The first-order valence-corrected chi connectivity index (χ1v) is 29.1. The van der Waals surface area contributed by atoms with Gasteiger partial charge >= 0.3 is 0 Å². The quantitative estimate of drug-likeness (QED) is 0.147. The zero-order valence-electron chi connectivity index (χ0n) is 48.2. The van der Waals surface area contributed by atoms with Crippen LogP contribution in [0.1, 0.15) is 124 Å². The van der Waals surface area contributed by atoms with Gasteiger partial charge in [0.25, 0.3) is 0 Å². The van der Waals surface area contributed by atoms with Crippen molar-refractivity contribution in [3.8, 4) is 55.6 Å². The monoisotopic (exact) mass is 1040 g/mol. The molecular formula is C80H69N. The summed E-state index contributed by atoms with van der Waals surface area (Å²) in [7, 11) is 0. The third kappa shape index (κ3) is 7.65. The summed E-state index contributed by atoms with van der Waals surface area (Å²) in [6.45, 7) is 21.0. The number of anilines is 3. The average Bonchev–Trinajstić information content (AvgIpc) is 3.85. The lowest BCUT2D eigenvalue weighted by Gasteiger charge is -2.35. The average molecular weight is 1040 g/mol. The van der Waals surface area contributed by atoms with Crippen LogP contribution in [-0.4, -0.2) is 0 Å². The minimum Gasteiger partial charge on any atom is -0.310 e. The molecule has 0 saturated carbocycles. The molecule has 0 saturated heterocycles. The highest BCUT2D eigenvalue weighted by Crippen LogP contribution is 2.61. The molecule has 0 aliphatic heterocycles.